The Labute approximate surface area is 226 Å². The number of rotatable bonds is 7. The predicted octanol–water partition coefficient (Wildman–Crippen LogP) is 3.60. The molecule has 2 aliphatic rings. The molecule has 0 spiro atoms. The Morgan fingerprint density at radius 3 is 2.67 bits per heavy atom. The van der Waals surface area contributed by atoms with Crippen LogP contribution in [0, 0.1) is 5.82 Å². The minimum absolute atomic E-state index is 0.0135. The zero-order chi connectivity index (χ0) is 27.5. The lowest BCUT2D eigenvalue weighted by molar-refractivity contribution is -0.138. The topological polar surface area (TPSA) is 112 Å². The molecule has 204 valence electrons. The fourth-order valence-electron chi connectivity index (χ4n) is 5.81. The Kier molecular flexibility index (Phi) is 7.88. The molecule has 2 fully saturated rings. The molecule has 2 aromatic carbocycles. The van der Waals surface area contributed by atoms with Gasteiger partial charge in [-0.25, -0.2) is 9.37 Å². The lowest BCUT2D eigenvalue weighted by Gasteiger charge is -2.27. The van der Waals surface area contributed by atoms with Gasteiger partial charge in [-0.3, -0.25) is 14.4 Å². The van der Waals surface area contributed by atoms with Crippen LogP contribution in [-0.4, -0.2) is 57.9 Å². The number of benzene rings is 2. The average molecular weight is 533 g/mol. The van der Waals surface area contributed by atoms with Crippen LogP contribution in [0.15, 0.2) is 54.6 Å². The van der Waals surface area contributed by atoms with Crippen LogP contribution in [0.2, 0.25) is 0 Å². The average Bonchev–Trinajstić information content (AvgIpc) is 3.61. The van der Waals surface area contributed by atoms with Crippen molar-refractivity contribution in [2.24, 2.45) is 0 Å². The summed E-state index contributed by atoms with van der Waals surface area (Å²) in [5.41, 5.74) is 2.88. The highest BCUT2D eigenvalue weighted by Gasteiger charge is 2.39. The zero-order valence-corrected chi connectivity index (χ0v) is 21.9. The molecule has 3 N–H and O–H groups in total. The third-order valence-corrected chi connectivity index (χ3v) is 7.80. The summed E-state index contributed by atoms with van der Waals surface area (Å²) in [6.45, 7) is 1.60. The number of nitrogens with one attached hydrogen (secondary N) is 2. The van der Waals surface area contributed by atoms with E-state index in [9.17, 15) is 23.9 Å². The number of aliphatic hydroxyl groups excluding tert-OH is 1. The van der Waals surface area contributed by atoms with Crippen molar-refractivity contribution in [3.8, 4) is 0 Å². The van der Waals surface area contributed by atoms with Gasteiger partial charge in [0.2, 0.25) is 11.8 Å². The van der Waals surface area contributed by atoms with Crippen LogP contribution >= 0.6 is 0 Å². The summed E-state index contributed by atoms with van der Waals surface area (Å²) < 4.78 is 13.4. The van der Waals surface area contributed by atoms with Crippen LogP contribution in [0.3, 0.4) is 0 Å². The number of halogens is 1. The van der Waals surface area contributed by atoms with E-state index < -0.39 is 29.8 Å². The molecule has 9 heteroatoms. The first-order chi connectivity index (χ1) is 18.8. The number of aliphatic hydroxyl groups is 1. The number of fused-ring (bicyclic) bond motifs is 1. The van der Waals surface area contributed by atoms with E-state index in [1.807, 2.05) is 25.1 Å². The summed E-state index contributed by atoms with van der Waals surface area (Å²) in [4.78, 5) is 44.5. The number of amides is 3. The van der Waals surface area contributed by atoms with Crippen molar-refractivity contribution >= 4 is 28.6 Å². The number of likely N-dealkylation sites (tertiary alicyclic amines) is 1. The fourth-order valence-corrected chi connectivity index (χ4v) is 5.81. The molecular weight excluding hydrogens is 499 g/mol. The van der Waals surface area contributed by atoms with E-state index in [2.05, 4.69) is 21.7 Å². The number of aromatic nitrogens is 1. The van der Waals surface area contributed by atoms with Crippen LogP contribution in [0.1, 0.15) is 72.6 Å². The van der Waals surface area contributed by atoms with Crippen LogP contribution < -0.4 is 10.6 Å². The highest BCUT2D eigenvalue weighted by Crippen LogP contribution is 2.37. The molecular formula is C30H33FN4O4. The minimum atomic E-state index is -0.834. The van der Waals surface area contributed by atoms with Gasteiger partial charge in [0.25, 0.3) is 5.91 Å². The SMILES string of the molecule is C[C@H](NC(=O)C1C[C@@H](O)CN1C(=O)CNC(=O)c1ccc2cc(F)ccc2n1)c1ccccc1C1CCCC1. The second-order valence-electron chi connectivity index (χ2n) is 10.5. The van der Waals surface area contributed by atoms with Crippen molar-refractivity contribution < 1.29 is 23.9 Å². The van der Waals surface area contributed by atoms with Gasteiger partial charge in [-0.15, -0.1) is 0 Å². The third-order valence-electron chi connectivity index (χ3n) is 7.80. The van der Waals surface area contributed by atoms with Crippen molar-refractivity contribution in [2.45, 2.75) is 63.1 Å². The van der Waals surface area contributed by atoms with E-state index in [-0.39, 0.29) is 37.2 Å². The van der Waals surface area contributed by atoms with E-state index in [0.29, 0.717) is 16.8 Å². The molecule has 1 aliphatic carbocycles. The van der Waals surface area contributed by atoms with Gasteiger partial charge in [-0.2, -0.15) is 0 Å². The second-order valence-corrected chi connectivity index (χ2v) is 10.5. The molecule has 0 radical (unpaired) electrons. The molecule has 1 saturated heterocycles. The van der Waals surface area contributed by atoms with Crippen molar-refractivity contribution in [1.29, 1.82) is 0 Å². The highest BCUT2D eigenvalue weighted by molar-refractivity contribution is 5.97. The maximum absolute atomic E-state index is 13.4. The molecule has 39 heavy (non-hydrogen) atoms. The molecule has 1 saturated carbocycles. The second kappa shape index (κ2) is 11.5. The molecule has 1 aromatic heterocycles. The van der Waals surface area contributed by atoms with Gasteiger partial charge in [0.1, 0.15) is 17.6 Å². The molecule has 3 atom stereocenters. The molecule has 2 heterocycles. The van der Waals surface area contributed by atoms with Gasteiger partial charge in [-0.05, 0) is 61.1 Å². The highest BCUT2D eigenvalue weighted by atomic mass is 19.1. The van der Waals surface area contributed by atoms with Crippen LogP contribution in [0.25, 0.3) is 10.9 Å². The van der Waals surface area contributed by atoms with Crippen molar-refractivity contribution in [2.75, 3.05) is 13.1 Å². The molecule has 3 amide bonds. The summed E-state index contributed by atoms with van der Waals surface area (Å²) in [7, 11) is 0. The van der Waals surface area contributed by atoms with E-state index in [1.165, 1.54) is 47.6 Å². The van der Waals surface area contributed by atoms with Gasteiger partial charge in [0.05, 0.1) is 24.2 Å². The van der Waals surface area contributed by atoms with Gasteiger partial charge < -0.3 is 20.6 Å². The van der Waals surface area contributed by atoms with Crippen LogP contribution in [-0.2, 0) is 9.59 Å². The van der Waals surface area contributed by atoms with Gasteiger partial charge in [-0.1, -0.05) is 43.2 Å². The standard InChI is InChI=1S/C30H33FN4O4/c1-18(23-8-4-5-9-24(23)19-6-2-3-7-19)33-30(39)27-15-22(36)17-35(27)28(37)16-32-29(38)26-12-10-20-14-21(31)11-13-25(20)34-26/h4-5,8-14,18-19,22,27,36H,2-3,6-7,15-17H2,1H3,(H,32,38)(H,33,39)/t18-,22+,27?/m0/s1. The molecule has 1 unspecified atom stereocenters. The molecule has 3 aromatic rings. The quantitative estimate of drug-likeness (QED) is 0.431. The van der Waals surface area contributed by atoms with Crippen molar-refractivity contribution in [1.82, 2.24) is 20.5 Å². The number of hydrogen-bond acceptors (Lipinski definition) is 5. The molecule has 1 aliphatic heterocycles. The zero-order valence-electron chi connectivity index (χ0n) is 21.9. The Morgan fingerprint density at radius 2 is 1.87 bits per heavy atom. The van der Waals surface area contributed by atoms with Gasteiger partial charge >= 0.3 is 0 Å². The summed E-state index contributed by atoms with van der Waals surface area (Å²) >= 11 is 0. The number of pyridine rings is 1. The third kappa shape index (κ3) is 5.93. The Morgan fingerprint density at radius 1 is 1.10 bits per heavy atom. The monoisotopic (exact) mass is 532 g/mol. The lowest BCUT2D eigenvalue weighted by Crippen LogP contribution is -2.49. The fraction of sp³-hybridized carbons (Fsp3) is 0.400. The lowest BCUT2D eigenvalue weighted by atomic mass is 9.90. The maximum Gasteiger partial charge on any atom is 0.270 e. The Balaban J connectivity index is 1.21. The smallest absolute Gasteiger partial charge is 0.270 e. The van der Waals surface area contributed by atoms with E-state index >= 15 is 0 Å². The number of carbonyl (C=O) groups is 3. The van der Waals surface area contributed by atoms with E-state index in [4.69, 9.17) is 0 Å². The van der Waals surface area contributed by atoms with Gasteiger partial charge in [0.15, 0.2) is 0 Å². The maximum atomic E-state index is 13.4. The minimum Gasteiger partial charge on any atom is -0.391 e. The van der Waals surface area contributed by atoms with Crippen LogP contribution in [0.4, 0.5) is 4.39 Å². The van der Waals surface area contributed by atoms with Gasteiger partial charge in [0, 0.05) is 18.4 Å². The largest absolute Gasteiger partial charge is 0.391 e. The number of nitrogens with zero attached hydrogens (tertiary/aromatic N) is 2. The van der Waals surface area contributed by atoms with Crippen molar-refractivity contribution in [3.63, 3.8) is 0 Å². The predicted molar refractivity (Wildman–Crippen MR) is 144 cm³/mol. The molecule has 5 rings (SSSR count). The number of β-amino-alcohol motifs (C(OH)–C–C–N with tert-alkyl or cyclic N) is 1. The van der Waals surface area contributed by atoms with Crippen LogP contribution in [0.5, 0.6) is 0 Å². The summed E-state index contributed by atoms with van der Waals surface area (Å²) in [6.07, 6.45) is 4.02. The Hall–Kier alpha value is -3.85. The first kappa shape index (κ1) is 26.7. The summed E-state index contributed by atoms with van der Waals surface area (Å²) in [5, 5.41) is 16.4. The van der Waals surface area contributed by atoms with E-state index in [1.54, 1.807) is 6.07 Å². The summed E-state index contributed by atoms with van der Waals surface area (Å²) in [6, 6.07) is 14.2. The van der Waals surface area contributed by atoms with Crippen molar-refractivity contribution in [3.05, 3.63) is 77.2 Å². The summed E-state index contributed by atoms with van der Waals surface area (Å²) in [5.74, 6) is -1.27. The molecule has 8 nitrogen and oxygen atoms in total. The first-order valence-electron chi connectivity index (χ1n) is 13.5. The first-order valence-corrected chi connectivity index (χ1v) is 13.5. The number of hydrogen-bond donors (Lipinski definition) is 3. The number of carbonyl (C=O) groups excluding carboxylic acids is 3. The Bertz CT molecular complexity index is 1390. The normalized spacial score (nSPS) is 20.2. The van der Waals surface area contributed by atoms with E-state index in [0.717, 1.165) is 18.4 Å². The molecule has 0 bridgehead atoms.